The Bertz CT molecular complexity index is 695. The van der Waals surface area contributed by atoms with Crippen molar-refractivity contribution in [1.82, 2.24) is 0 Å². The van der Waals surface area contributed by atoms with E-state index >= 15 is 0 Å². The lowest BCUT2D eigenvalue weighted by Gasteiger charge is -2.26. The van der Waals surface area contributed by atoms with E-state index in [4.69, 9.17) is 5.11 Å². The molecule has 1 rings (SSSR count). The average molecular weight is 356 g/mol. The molecule has 1 unspecified atom stereocenters. The van der Waals surface area contributed by atoms with Crippen LogP contribution in [0.5, 0.6) is 0 Å². The lowest BCUT2D eigenvalue weighted by Crippen LogP contribution is -2.37. The predicted molar refractivity (Wildman–Crippen MR) is 67.3 cm³/mol. The van der Waals surface area contributed by atoms with Crippen LogP contribution in [-0.4, -0.2) is 33.5 Å². The lowest BCUT2D eigenvalue weighted by molar-refractivity contribution is -0.395. The third-order valence-electron chi connectivity index (χ3n) is 2.88. The molecule has 0 heterocycles. The average Bonchev–Trinajstić information content (AvgIpc) is 2.43. The summed E-state index contributed by atoms with van der Waals surface area (Å²) in [5, 5.41) is 30.1. The van der Waals surface area contributed by atoms with Crippen molar-refractivity contribution < 1.29 is 42.0 Å². The van der Waals surface area contributed by atoms with Crippen LogP contribution in [0.25, 0.3) is 0 Å². The SMILES string of the molecule is Cc1cc([N+](=O)[O-])cc([N+](=O)[O-])c1C(OC(=O)O)C(F)(F)C(F)F. The maximum absolute atomic E-state index is 13.6. The second kappa shape index (κ2) is 6.64. The van der Waals surface area contributed by atoms with Gasteiger partial charge in [0.1, 0.15) is 0 Å². The van der Waals surface area contributed by atoms with Crippen molar-refractivity contribution in [2.24, 2.45) is 0 Å². The number of rotatable bonds is 6. The van der Waals surface area contributed by atoms with E-state index in [2.05, 4.69) is 4.74 Å². The van der Waals surface area contributed by atoms with Gasteiger partial charge < -0.3 is 9.84 Å². The lowest BCUT2D eigenvalue weighted by atomic mass is 9.96. The zero-order valence-electron chi connectivity index (χ0n) is 11.6. The minimum absolute atomic E-state index is 0.252. The van der Waals surface area contributed by atoms with Crippen molar-refractivity contribution in [3.63, 3.8) is 0 Å². The predicted octanol–water partition coefficient (Wildman–Crippen LogP) is 3.45. The number of nitrogens with zero attached hydrogens (tertiary/aromatic N) is 2. The molecule has 24 heavy (non-hydrogen) atoms. The fraction of sp³-hybridized carbons (Fsp3) is 0.364. The van der Waals surface area contributed by atoms with Gasteiger partial charge in [0.05, 0.1) is 21.5 Å². The van der Waals surface area contributed by atoms with Crippen LogP contribution < -0.4 is 0 Å². The van der Waals surface area contributed by atoms with Crippen molar-refractivity contribution >= 4 is 17.5 Å². The number of hydrogen-bond donors (Lipinski definition) is 1. The van der Waals surface area contributed by atoms with E-state index in [0.717, 1.165) is 6.92 Å². The molecule has 9 nitrogen and oxygen atoms in total. The van der Waals surface area contributed by atoms with Gasteiger partial charge in [-0.05, 0) is 12.5 Å². The van der Waals surface area contributed by atoms with Gasteiger partial charge in [-0.15, -0.1) is 0 Å². The molecular formula is C11H8F4N2O7. The summed E-state index contributed by atoms with van der Waals surface area (Å²) in [6, 6.07) is 0.851. The van der Waals surface area contributed by atoms with Crippen LogP contribution in [0.3, 0.4) is 0 Å². The van der Waals surface area contributed by atoms with Crippen LogP contribution >= 0.6 is 0 Å². The van der Waals surface area contributed by atoms with Crippen molar-refractivity contribution in [3.05, 3.63) is 43.5 Å². The summed E-state index contributed by atoms with van der Waals surface area (Å²) < 4.78 is 56.2. The first-order valence-corrected chi connectivity index (χ1v) is 5.88. The van der Waals surface area contributed by atoms with Gasteiger partial charge in [0.2, 0.25) is 6.10 Å². The topological polar surface area (TPSA) is 133 Å². The highest BCUT2D eigenvalue weighted by atomic mass is 19.3. The molecule has 0 aromatic heterocycles. The van der Waals surface area contributed by atoms with Crippen LogP contribution in [0.1, 0.15) is 17.2 Å². The number of nitro benzene ring substituents is 2. The number of carboxylic acid groups (broad SMARTS) is 1. The molecule has 0 saturated carbocycles. The molecule has 0 aliphatic carbocycles. The van der Waals surface area contributed by atoms with Crippen molar-refractivity contribution in [2.45, 2.75) is 25.4 Å². The molecule has 132 valence electrons. The van der Waals surface area contributed by atoms with Gasteiger partial charge in [-0.1, -0.05) is 0 Å². The first kappa shape index (κ1) is 19.1. The maximum Gasteiger partial charge on any atom is 0.506 e. The van der Waals surface area contributed by atoms with Gasteiger partial charge in [0.15, 0.2) is 0 Å². The van der Waals surface area contributed by atoms with Crippen molar-refractivity contribution in [1.29, 1.82) is 0 Å². The monoisotopic (exact) mass is 356 g/mol. The Morgan fingerprint density at radius 2 is 1.79 bits per heavy atom. The third kappa shape index (κ3) is 3.67. The summed E-state index contributed by atoms with van der Waals surface area (Å²) in [6.45, 7) is 0.884. The zero-order chi connectivity index (χ0) is 18.8. The Morgan fingerprint density at radius 3 is 2.17 bits per heavy atom. The fourth-order valence-corrected chi connectivity index (χ4v) is 1.90. The number of halogens is 4. The molecule has 0 fully saturated rings. The second-order valence-corrected chi connectivity index (χ2v) is 4.45. The van der Waals surface area contributed by atoms with Gasteiger partial charge >= 0.3 is 18.5 Å². The van der Waals surface area contributed by atoms with Crippen molar-refractivity contribution in [2.75, 3.05) is 0 Å². The minimum Gasteiger partial charge on any atom is -0.450 e. The molecule has 1 aromatic rings. The van der Waals surface area contributed by atoms with Gasteiger partial charge in [-0.3, -0.25) is 20.2 Å². The van der Waals surface area contributed by atoms with E-state index in [0.29, 0.717) is 6.07 Å². The van der Waals surface area contributed by atoms with Gasteiger partial charge in [-0.25, -0.2) is 13.6 Å². The second-order valence-electron chi connectivity index (χ2n) is 4.45. The van der Waals surface area contributed by atoms with Gasteiger partial charge in [0, 0.05) is 6.07 Å². The molecule has 0 radical (unpaired) electrons. The molecule has 0 amide bonds. The first-order valence-electron chi connectivity index (χ1n) is 5.88. The van der Waals surface area contributed by atoms with Crippen molar-refractivity contribution in [3.8, 4) is 0 Å². The van der Waals surface area contributed by atoms with Crippen LogP contribution in [0.15, 0.2) is 12.1 Å². The standard InChI is InChI=1S/C11H8F4N2O7/c1-4-2-5(16(20)21)3-6(17(22)23)7(4)8(24-10(18)19)11(14,15)9(12)13/h2-3,8-9H,1H3,(H,18,19). The molecule has 1 N–H and O–H groups in total. The quantitative estimate of drug-likeness (QED) is 0.357. The van der Waals surface area contributed by atoms with Gasteiger partial charge in [-0.2, -0.15) is 8.78 Å². The number of hydrogen-bond acceptors (Lipinski definition) is 6. The molecule has 0 aliphatic heterocycles. The van der Waals surface area contributed by atoms with Crippen LogP contribution in [-0.2, 0) is 4.74 Å². The Hall–Kier alpha value is -2.99. The maximum atomic E-state index is 13.6. The summed E-state index contributed by atoms with van der Waals surface area (Å²) in [6.07, 6.45) is -10.0. The van der Waals surface area contributed by atoms with Crippen LogP contribution in [0.2, 0.25) is 0 Å². The Labute approximate surface area is 129 Å². The minimum atomic E-state index is -5.11. The fourth-order valence-electron chi connectivity index (χ4n) is 1.90. The van der Waals surface area contributed by atoms with E-state index in [1.54, 1.807) is 0 Å². The number of aryl methyl sites for hydroxylation is 1. The summed E-state index contributed by atoms with van der Waals surface area (Å²) in [5.74, 6) is -5.11. The summed E-state index contributed by atoms with van der Waals surface area (Å²) >= 11 is 0. The molecule has 1 aromatic carbocycles. The molecular weight excluding hydrogens is 348 g/mol. The van der Waals surface area contributed by atoms with E-state index in [1.165, 1.54) is 0 Å². The molecule has 1 atom stereocenters. The number of carbonyl (C=O) groups is 1. The number of benzene rings is 1. The highest BCUT2D eigenvalue weighted by Gasteiger charge is 2.55. The molecule has 0 bridgehead atoms. The summed E-state index contributed by atoms with van der Waals surface area (Å²) in [5.41, 5.74) is -3.98. The summed E-state index contributed by atoms with van der Waals surface area (Å²) in [7, 11) is 0. The molecule has 0 aliphatic rings. The van der Waals surface area contributed by atoms with Gasteiger partial charge in [0.25, 0.3) is 11.4 Å². The number of ether oxygens (including phenoxy) is 1. The Kier molecular flexibility index (Phi) is 5.27. The van der Waals surface area contributed by atoms with E-state index in [9.17, 15) is 42.6 Å². The molecule has 0 spiro atoms. The van der Waals surface area contributed by atoms with E-state index < -0.39 is 57.0 Å². The number of non-ortho nitro benzene ring substituents is 1. The molecule has 13 heteroatoms. The third-order valence-corrected chi connectivity index (χ3v) is 2.88. The smallest absolute Gasteiger partial charge is 0.450 e. The Morgan fingerprint density at radius 1 is 1.25 bits per heavy atom. The van der Waals surface area contributed by atoms with Crippen LogP contribution in [0.4, 0.5) is 33.7 Å². The largest absolute Gasteiger partial charge is 0.506 e. The van der Waals surface area contributed by atoms with E-state index in [1.807, 2.05) is 0 Å². The number of nitro groups is 2. The van der Waals surface area contributed by atoms with E-state index in [-0.39, 0.29) is 6.07 Å². The normalized spacial score (nSPS) is 12.8. The highest BCUT2D eigenvalue weighted by molar-refractivity contribution is 5.60. The zero-order valence-corrected chi connectivity index (χ0v) is 11.6. The molecule has 0 saturated heterocycles. The number of alkyl halides is 4. The Balaban J connectivity index is 3.72. The highest BCUT2D eigenvalue weighted by Crippen LogP contribution is 2.45. The van der Waals surface area contributed by atoms with Crippen LogP contribution in [0, 0.1) is 27.2 Å². The summed E-state index contributed by atoms with van der Waals surface area (Å²) in [4.78, 5) is 29.8. The first-order chi connectivity index (χ1) is 10.9.